The Hall–Kier alpha value is -2.63. The third kappa shape index (κ3) is 3.59. The van der Waals surface area contributed by atoms with Gasteiger partial charge in [0.1, 0.15) is 11.5 Å². The van der Waals surface area contributed by atoms with Gasteiger partial charge >= 0.3 is 6.09 Å². The maximum absolute atomic E-state index is 11.6. The molecule has 2 aromatic carbocycles. The Labute approximate surface area is 135 Å². The van der Waals surface area contributed by atoms with E-state index >= 15 is 0 Å². The number of hydrogen-bond donors (Lipinski definition) is 1. The van der Waals surface area contributed by atoms with Crippen molar-refractivity contribution >= 4 is 16.9 Å². The smallest absolute Gasteiger partial charge is 0.412 e. The number of methoxy groups -OCH3 is 2. The summed E-state index contributed by atoms with van der Waals surface area (Å²) in [5.41, 5.74) is 0. The van der Waals surface area contributed by atoms with Gasteiger partial charge in [0.15, 0.2) is 11.5 Å². The first-order valence-corrected chi connectivity index (χ1v) is 7.35. The second-order valence-electron chi connectivity index (χ2n) is 4.81. The molecule has 6 nitrogen and oxygen atoms in total. The Balaban J connectivity index is 2.66. The van der Waals surface area contributed by atoms with Gasteiger partial charge in [0.25, 0.3) is 0 Å². The van der Waals surface area contributed by atoms with E-state index in [4.69, 9.17) is 18.9 Å². The molecule has 0 aliphatic carbocycles. The number of carbonyl (C=O) groups excluding carboxylic acids is 1. The molecule has 0 saturated carbocycles. The number of fused-ring (bicyclic) bond motifs is 1. The fourth-order valence-electron chi connectivity index (χ4n) is 2.18. The molecule has 0 fully saturated rings. The van der Waals surface area contributed by atoms with Crippen LogP contribution in [0.4, 0.5) is 4.79 Å². The molecule has 0 saturated heterocycles. The second kappa shape index (κ2) is 7.58. The SMILES string of the molecule is CCCOc1cc(OC)c(OC(=O)NC)c2ccc(OC)cc12. The number of carbonyl (C=O) groups is 1. The number of ether oxygens (including phenoxy) is 4. The molecule has 0 spiro atoms. The zero-order valence-electron chi connectivity index (χ0n) is 13.8. The van der Waals surface area contributed by atoms with E-state index in [9.17, 15) is 4.79 Å². The average Bonchev–Trinajstić information content (AvgIpc) is 2.60. The molecular formula is C17H21NO5. The van der Waals surface area contributed by atoms with E-state index in [0.717, 1.165) is 11.8 Å². The molecule has 0 atom stereocenters. The van der Waals surface area contributed by atoms with Crippen molar-refractivity contribution in [3.8, 4) is 23.0 Å². The van der Waals surface area contributed by atoms with E-state index in [-0.39, 0.29) is 0 Å². The van der Waals surface area contributed by atoms with Crippen LogP contribution >= 0.6 is 0 Å². The lowest BCUT2D eigenvalue weighted by Gasteiger charge is -2.16. The van der Waals surface area contributed by atoms with E-state index in [0.29, 0.717) is 35.0 Å². The third-order valence-electron chi connectivity index (χ3n) is 3.30. The van der Waals surface area contributed by atoms with Gasteiger partial charge in [-0.2, -0.15) is 0 Å². The molecule has 23 heavy (non-hydrogen) atoms. The fraction of sp³-hybridized carbons (Fsp3) is 0.353. The Morgan fingerprint density at radius 3 is 2.48 bits per heavy atom. The van der Waals surface area contributed by atoms with Gasteiger partial charge < -0.3 is 24.3 Å². The molecule has 1 N–H and O–H groups in total. The summed E-state index contributed by atoms with van der Waals surface area (Å²) >= 11 is 0. The van der Waals surface area contributed by atoms with Crippen molar-refractivity contribution in [2.24, 2.45) is 0 Å². The first-order chi connectivity index (χ1) is 11.1. The molecule has 2 aromatic rings. The summed E-state index contributed by atoms with van der Waals surface area (Å²) in [5.74, 6) is 2.11. The standard InChI is InChI=1S/C17H21NO5/c1-5-8-22-14-10-15(21-4)16(23-17(19)18-2)12-7-6-11(20-3)9-13(12)14/h6-7,9-10H,5,8H2,1-4H3,(H,18,19). The van der Waals surface area contributed by atoms with E-state index in [1.807, 2.05) is 19.1 Å². The molecule has 2 rings (SSSR count). The quantitative estimate of drug-likeness (QED) is 0.884. The van der Waals surface area contributed by atoms with Crippen LogP contribution in [-0.2, 0) is 0 Å². The molecule has 6 heteroatoms. The van der Waals surface area contributed by atoms with Gasteiger partial charge in [0.2, 0.25) is 0 Å². The number of rotatable bonds is 6. The van der Waals surface area contributed by atoms with Crippen molar-refractivity contribution in [2.45, 2.75) is 13.3 Å². The van der Waals surface area contributed by atoms with Crippen LogP contribution in [0.1, 0.15) is 13.3 Å². The maximum atomic E-state index is 11.6. The van der Waals surface area contributed by atoms with Crippen molar-refractivity contribution in [2.75, 3.05) is 27.9 Å². The molecule has 0 aromatic heterocycles. The normalized spacial score (nSPS) is 10.3. The van der Waals surface area contributed by atoms with E-state index < -0.39 is 6.09 Å². The zero-order chi connectivity index (χ0) is 16.8. The highest BCUT2D eigenvalue weighted by atomic mass is 16.6. The van der Waals surface area contributed by atoms with Gasteiger partial charge in [-0.3, -0.25) is 0 Å². The van der Waals surface area contributed by atoms with Crippen molar-refractivity contribution in [1.29, 1.82) is 0 Å². The summed E-state index contributed by atoms with van der Waals surface area (Å²) in [6.45, 7) is 2.61. The van der Waals surface area contributed by atoms with Crippen molar-refractivity contribution in [3.63, 3.8) is 0 Å². The van der Waals surface area contributed by atoms with Crippen LogP contribution in [0.25, 0.3) is 10.8 Å². The lowest BCUT2D eigenvalue weighted by Crippen LogP contribution is -2.22. The number of amides is 1. The van der Waals surface area contributed by atoms with E-state index in [1.54, 1.807) is 19.2 Å². The maximum Gasteiger partial charge on any atom is 0.412 e. The fourth-order valence-corrected chi connectivity index (χ4v) is 2.18. The van der Waals surface area contributed by atoms with E-state index in [2.05, 4.69) is 5.32 Å². The molecular weight excluding hydrogens is 298 g/mol. The first kappa shape index (κ1) is 16.7. The van der Waals surface area contributed by atoms with Crippen molar-refractivity contribution in [3.05, 3.63) is 24.3 Å². The van der Waals surface area contributed by atoms with Crippen LogP contribution in [0.5, 0.6) is 23.0 Å². The van der Waals surface area contributed by atoms with Crippen LogP contribution < -0.4 is 24.3 Å². The van der Waals surface area contributed by atoms with Gasteiger partial charge in [-0.05, 0) is 24.6 Å². The molecule has 0 aliphatic rings. The van der Waals surface area contributed by atoms with Crippen LogP contribution in [0.3, 0.4) is 0 Å². The lowest BCUT2D eigenvalue weighted by molar-refractivity contribution is 0.201. The highest BCUT2D eigenvalue weighted by Crippen LogP contribution is 2.43. The van der Waals surface area contributed by atoms with Crippen LogP contribution in [-0.4, -0.2) is 34.0 Å². The number of benzene rings is 2. The lowest BCUT2D eigenvalue weighted by atomic mass is 10.1. The summed E-state index contributed by atoms with van der Waals surface area (Å²) in [4.78, 5) is 11.6. The Kier molecular flexibility index (Phi) is 5.51. The summed E-state index contributed by atoms with van der Waals surface area (Å²) in [6, 6.07) is 7.17. The second-order valence-corrected chi connectivity index (χ2v) is 4.81. The highest BCUT2D eigenvalue weighted by molar-refractivity contribution is 5.97. The van der Waals surface area contributed by atoms with Gasteiger partial charge in [-0.1, -0.05) is 6.92 Å². The minimum absolute atomic E-state index is 0.341. The topological polar surface area (TPSA) is 66.0 Å². The Morgan fingerprint density at radius 1 is 1.09 bits per heavy atom. The molecule has 124 valence electrons. The summed E-state index contributed by atoms with van der Waals surface area (Å²) < 4.78 is 21.8. The molecule has 1 amide bonds. The first-order valence-electron chi connectivity index (χ1n) is 7.35. The summed E-state index contributed by atoms with van der Waals surface area (Å²) in [6.07, 6.45) is 0.312. The predicted octanol–water partition coefficient (Wildman–Crippen LogP) is 3.36. The molecule has 0 bridgehead atoms. The highest BCUT2D eigenvalue weighted by Gasteiger charge is 2.18. The molecule has 0 aliphatic heterocycles. The van der Waals surface area contributed by atoms with Gasteiger partial charge in [0.05, 0.1) is 20.8 Å². The average molecular weight is 319 g/mol. The predicted molar refractivity (Wildman–Crippen MR) is 87.9 cm³/mol. The summed E-state index contributed by atoms with van der Waals surface area (Å²) in [7, 11) is 4.61. The van der Waals surface area contributed by atoms with Crippen LogP contribution in [0.2, 0.25) is 0 Å². The van der Waals surface area contributed by atoms with Gasteiger partial charge in [-0.25, -0.2) is 4.79 Å². The monoisotopic (exact) mass is 319 g/mol. The zero-order valence-corrected chi connectivity index (χ0v) is 13.8. The van der Waals surface area contributed by atoms with Crippen molar-refractivity contribution in [1.82, 2.24) is 5.32 Å². The minimum atomic E-state index is -0.567. The third-order valence-corrected chi connectivity index (χ3v) is 3.30. The number of hydrogen-bond acceptors (Lipinski definition) is 5. The minimum Gasteiger partial charge on any atom is -0.497 e. The molecule has 0 heterocycles. The van der Waals surface area contributed by atoms with Gasteiger partial charge in [-0.15, -0.1) is 0 Å². The molecule has 0 unspecified atom stereocenters. The van der Waals surface area contributed by atoms with Crippen molar-refractivity contribution < 1.29 is 23.7 Å². The van der Waals surface area contributed by atoms with Crippen LogP contribution in [0, 0.1) is 0 Å². The van der Waals surface area contributed by atoms with Crippen LogP contribution in [0.15, 0.2) is 24.3 Å². The largest absolute Gasteiger partial charge is 0.497 e. The Bertz CT molecular complexity index is 699. The molecule has 0 radical (unpaired) electrons. The number of nitrogens with one attached hydrogen (secondary N) is 1. The van der Waals surface area contributed by atoms with E-state index in [1.165, 1.54) is 14.2 Å². The Morgan fingerprint density at radius 2 is 1.87 bits per heavy atom. The van der Waals surface area contributed by atoms with Gasteiger partial charge in [0, 0.05) is 23.9 Å². The summed E-state index contributed by atoms with van der Waals surface area (Å²) in [5, 5.41) is 3.93.